The first kappa shape index (κ1) is 22.9. The monoisotopic (exact) mass is 483 g/mol. The summed E-state index contributed by atoms with van der Waals surface area (Å²) in [4.78, 5) is 8.97. The molecule has 0 aliphatic carbocycles. The summed E-state index contributed by atoms with van der Waals surface area (Å²) in [7, 11) is 4.08. The van der Waals surface area contributed by atoms with Crippen molar-refractivity contribution in [3.63, 3.8) is 0 Å². The lowest BCUT2D eigenvalue weighted by molar-refractivity contribution is 0.340. The van der Waals surface area contributed by atoms with Crippen LogP contribution < -0.4 is 19.9 Å². The fourth-order valence-electron chi connectivity index (χ4n) is 4.58. The topological polar surface area (TPSA) is 45.6 Å². The Kier molecular flexibility index (Phi) is 6.42. The van der Waals surface area contributed by atoms with E-state index < -0.39 is 0 Å². The average molecular weight is 484 g/mol. The molecule has 1 aliphatic heterocycles. The number of rotatable bonds is 7. The molecule has 2 aromatic heterocycles. The van der Waals surface area contributed by atoms with Crippen LogP contribution in [0.25, 0.3) is 5.69 Å². The van der Waals surface area contributed by atoms with Crippen molar-refractivity contribution < 1.29 is 4.74 Å². The second kappa shape index (κ2) is 9.80. The number of nitrogens with one attached hydrogen (secondary N) is 1. The molecule has 1 fully saturated rings. The van der Waals surface area contributed by atoms with Gasteiger partial charge in [0.25, 0.3) is 0 Å². The molecule has 0 amide bonds. The molecule has 1 aliphatic rings. The van der Waals surface area contributed by atoms with E-state index in [1.54, 1.807) is 0 Å². The van der Waals surface area contributed by atoms with E-state index in [0.717, 1.165) is 34.2 Å². The first-order valence-corrected chi connectivity index (χ1v) is 12.2. The second-order valence-corrected chi connectivity index (χ2v) is 9.02. The van der Waals surface area contributed by atoms with E-state index in [2.05, 4.69) is 85.5 Å². The lowest BCUT2D eigenvalue weighted by Crippen LogP contribution is -2.30. The quantitative estimate of drug-likeness (QED) is 0.350. The van der Waals surface area contributed by atoms with Crippen molar-refractivity contribution in [1.82, 2.24) is 14.9 Å². The predicted molar refractivity (Wildman–Crippen MR) is 146 cm³/mol. The Bertz CT molecular complexity index is 1290. The Morgan fingerprint density at radius 2 is 1.69 bits per heavy atom. The number of hydrogen-bond donors (Lipinski definition) is 1. The number of anilines is 2. The molecule has 1 saturated heterocycles. The van der Waals surface area contributed by atoms with Gasteiger partial charge in [-0.25, -0.2) is 0 Å². The van der Waals surface area contributed by atoms with E-state index in [1.807, 2.05) is 51.5 Å². The fourth-order valence-corrected chi connectivity index (χ4v) is 4.93. The van der Waals surface area contributed by atoms with Gasteiger partial charge in [-0.1, -0.05) is 6.07 Å². The van der Waals surface area contributed by atoms with Gasteiger partial charge in [-0.15, -0.1) is 0 Å². The minimum Gasteiger partial charge on any atom is -0.494 e. The van der Waals surface area contributed by atoms with Gasteiger partial charge in [0.2, 0.25) is 0 Å². The standard InChI is InChI=1S/C28H29N5OS/c1-4-34-23-16-14-21(15-17-23)32-19-7-9-25(32)27-26(24-8-5-6-18-29-24)30-28(35)33(27)22-12-10-20(11-13-22)31(2)3/h5-19,26-27H,4H2,1-3H3,(H,30,35)/t26-,27-/m0/s1. The van der Waals surface area contributed by atoms with Gasteiger partial charge in [0, 0.05) is 49.2 Å². The molecule has 3 heterocycles. The number of thiocarbonyl (C=S) groups is 1. The van der Waals surface area contributed by atoms with Gasteiger partial charge >= 0.3 is 0 Å². The molecule has 0 saturated carbocycles. The molecule has 1 N–H and O–H groups in total. The molecule has 35 heavy (non-hydrogen) atoms. The summed E-state index contributed by atoms with van der Waals surface area (Å²) in [5, 5.41) is 4.23. The van der Waals surface area contributed by atoms with Gasteiger partial charge in [0.1, 0.15) is 11.8 Å². The van der Waals surface area contributed by atoms with Gasteiger partial charge in [-0.2, -0.15) is 0 Å². The normalized spacial score (nSPS) is 17.3. The van der Waals surface area contributed by atoms with Crippen molar-refractivity contribution in [3.05, 3.63) is 103 Å². The van der Waals surface area contributed by atoms with Crippen LogP contribution in [0.2, 0.25) is 0 Å². The molecule has 5 rings (SSSR count). The molecule has 178 valence electrons. The zero-order valence-corrected chi connectivity index (χ0v) is 20.9. The van der Waals surface area contributed by atoms with Crippen molar-refractivity contribution in [2.24, 2.45) is 0 Å². The van der Waals surface area contributed by atoms with Crippen molar-refractivity contribution in [3.8, 4) is 11.4 Å². The number of hydrogen-bond acceptors (Lipinski definition) is 4. The minimum atomic E-state index is -0.103. The number of benzene rings is 2. The van der Waals surface area contributed by atoms with Crippen LogP contribution in [0, 0.1) is 0 Å². The minimum absolute atomic E-state index is 0.0934. The smallest absolute Gasteiger partial charge is 0.174 e. The molecular formula is C28H29N5OS. The number of ether oxygens (including phenoxy) is 1. The Morgan fingerprint density at radius 3 is 2.34 bits per heavy atom. The molecule has 0 radical (unpaired) electrons. The lowest BCUT2D eigenvalue weighted by Gasteiger charge is -2.29. The second-order valence-electron chi connectivity index (χ2n) is 8.64. The molecule has 0 unspecified atom stereocenters. The van der Waals surface area contributed by atoms with Crippen molar-refractivity contribution in [1.29, 1.82) is 0 Å². The molecule has 0 spiro atoms. The third-order valence-corrected chi connectivity index (χ3v) is 6.57. The summed E-state index contributed by atoms with van der Waals surface area (Å²) in [6.07, 6.45) is 3.92. The summed E-state index contributed by atoms with van der Waals surface area (Å²) in [5.41, 5.74) is 5.31. The van der Waals surface area contributed by atoms with E-state index >= 15 is 0 Å². The molecule has 6 nitrogen and oxygen atoms in total. The Morgan fingerprint density at radius 1 is 0.943 bits per heavy atom. The molecule has 2 atom stereocenters. The Balaban J connectivity index is 1.60. The van der Waals surface area contributed by atoms with Crippen LogP contribution in [0.3, 0.4) is 0 Å². The maximum absolute atomic E-state index is 5.89. The summed E-state index contributed by atoms with van der Waals surface area (Å²) in [5.74, 6) is 0.864. The van der Waals surface area contributed by atoms with Crippen LogP contribution in [-0.2, 0) is 0 Å². The zero-order valence-electron chi connectivity index (χ0n) is 20.1. The molecule has 7 heteroatoms. The van der Waals surface area contributed by atoms with Gasteiger partial charge in [0.15, 0.2) is 5.11 Å². The zero-order chi connectivity index (χ0) is 24.4. The maximum Gasteiger partial charge on any atom is 0.174 e. The first-order valence-electron chi connectivity index (χ1n) is 11.8. The van der Waals surface area contributed by atoms with Crippen LogP contribution in [0.4, 0.5) is 11.4 Å². The van der Waals surface area contributed by atoms with E-state index in [-0.39, 0.29) is 12.1 Å². The van der Waals surface area contributed by atoms with Crippen LogP contribution in [0.15, 0.2) is 91.3 Å². The van der Waals surface area contributed by atoms with E-state index in [0.29, 0.717) is 11.7 Å². The molecule has 0 bridgehead atoms. The average Bonchev–Trinajstić information content (AvgIpc) is 3.49. The summed E-state index contributed by atoms with van der Waals surface area (Å²) >= 11 is 5.89. The summed E-state index contributed by atoms with van der Waals surface area (Å²) in [6, 6.07) is 26.7. The van der Waals surface area contributed by atoms with Gasteiger partial charge in [-0.05, 0) is 91.9 Å². The van der Waals surface area contributed by atoms with Crippen LogP contribution in [0.5, 0.6) is 5.75 Å². The van der Waals surface area contributed by atoms with E-state index in [9.17, 15) is 0 Å². The SMILES string of the molecule is CCOc1ccc(-n2cccc2[C@H]2[C@H](c3ccccn3)NC(=S)N2c2ccc(N(C)C)cc2)cc1. The number of pyridine rings is 1. The lowest BCUT2D eigenvalue weighted by atomic mass is 10.0. The van der Waals surface area contributed by atoms with E-state index in [4.69, 9.17) is 17.0 Å². The Labute approximate surface area is 211 Å². The highest BCUT2D eigenvalue weighted by Gasteiger charge is 2.42. The third kappa shape index (κ3) is 4.47. The third-order valence-electron chi connectivity index (χ3n) is 6.25. The van der Waals surface area contributed by atoms with Crippen LogP contribution in [0.1, 0.15) is 30.4 Å². The van der Waals surface area contributed by atoms with E-state index in [1.165, 1.54) is 0 Å². The fraction of sp³-hybridized carbons (Fsp3) is 0.214. The predicted octanol–water partition coefficient (Wildman–Crippen LogP) is 5.51. The summed E-state index contributed by atoms with van der Waals surface area (Å²) in [6.45, 7) is 2.64. The highest BCUT2D eigenvalue weighted by atomic mass is 32.1. The van der Waals surface area contributed by atoms with Gasteiger partial charge in [0.05, 0.1) is 18.3 Å². The van der Waals surface area contributed by atoms with Crippen molar-refractivity contribution in [2.75, 3.05) is 30.5 Å². The molecule has 2 aromatic carbocycles. The van der Waals surface area contributed by atoms with Crippen molar-refractivity contribution >= 4 is 28.7 Å². The number of aromatic nitrogens is 2. The van der Waals surface area contributed by atoms with Crippen LogP contribution >= 0.6 is 12.2 Å². The van der Waals surface area contributed by atoms with Gasteiger partial charge < -0.3 is 24.4 Å². The van der Waals surface area contributed by atoms with Crippen LogP contribution in [-0.4, -0.2) is 35.4 Å². The highest BCUT2D eigenvalue weighted by molar-refractivity contribution is 7.80. The molecular weight excluding hydrogens is 454 g/mol. The number of nitrogens with zero attached hydrogens (tertiary/aromatic N) is 4. The van der Waals surface area contributed by atoms with Crippen molar-refractivity contribution in [2.45, 2.75) is 19.0 Å². The first-order chi connectivity index (χ1) is 17.1. The maximum atomic E-state index is 5.89. The molecule has 4 aromatic rings. The highest BCUT2D eigenvalue weighted by Crippen LogP contribution is 2.42. The van der Waals surface area contributed by atoms with Gasteiger partial charge in [-0.3, -0.25) is 4.98 Å². The largest absolute Gasteiger partial charge is 0.494 e. The summed E-state index contributed by atoms with van der Waals surface area (Å²) < 4.78 is 7.86. The Hall–Kier alpha value is -3.84.